The fourth-order valence-electron chi connectivity index (χ4n) is 1.52. The van der Waals surface area contributed by atoms with E-state index in [1.165, 1.54) is 12.1 Å². The zero-order valence-electron chi connectivity index (χ0n) is 8.88. The Labute approximate surface area is 92.1 Å². The molecule has 2 nitrogen and oxygen atoms in total. The molecule has 0 aliphatic carbocycles. The SMILES string of the molecule is CC(NCCO)c1ccccc1C(F)(F)F. The Bertz CT molecular complexity index is 338. The van der Waals surface area contributed by atoms with Crippen molar-refractivity contribution in [1.82, 2.24) is 5.32 Å². The number of benzene rings is 1. The topological polar surface area (TPSA) is 32.3 Å². The van der Waals surface area contributed by atoms with E-state index < -0.39 is 17.8 Å². The monoisotopic (exact) mass is 233 g/mol. The molecule has 1 unspecified atom stereocenters. The highest BCUT2D eigenvalue weighted by atomic mass is 19.4. The van der Waals surface area contributed by atoms with Crippen molar-refractivity contribution in [3.63, 3.8) is 0 Å². The molecule has 1 aromatic carbocycles. The molecule has 0 radical (unpaired) electrons. The van der Waals surface area contributed by atoms with Crippen LogP contribution in [-0.2, 0) is 6.18 Å². The number of alkyl halides is 3. The molecule has 0 aliphatic heterocycles. The molecule has 2 N–H and O–H groups in total. The van der Waals surface area contributed by atoms with Gasteiger partial charge in [-0.05, 0) is 18.6 Å². The van der Waals surface area contributed by atoms with Crippen molar-refractivity contribution in [2.45, 2.75) is 19.1 Å². The molecule has 0 aliphatic rings. The third-order valence-electron chi connectivity index (χ3n) is 2.30. The van der Waals surface area contributed by atoms with Crippen LogP contribution in [0.3, 0.4) is 0 Å². The summed E-state index contributed by atoms with van der Waals surface area (Å²) in [6.45, 7) is 1.81. The lowest BCUT2D eigenvalue weighted by atomic mass is 10.0. The molecular formula is C11H14F3NO. The Morgan fingerprint density at radius 3 is 2.50 bits per heavy atom. The molecule has 0 heterocycles. The minimum absolute atomic E-state index is 0.0987. The summed E-state index contributed by atoms with van der Waals surface area (Å²) in [6, 6.07) is 5.00. The van der Waals surface area contributed by atoms with Gasteiger partial charge < -0.3 is 10.4 Å². The van der Waals surface area contributed by atoms with E-state index in [0.717, 1.165) is 6.07 Å². The number of hydrogen-bond acceptors (Lipinski definition) is 2. The van der Waals surface area contributed by atoms with Gasteiger partial charge in [-0.2, -0.15) is 13.2 Å². The van der Waals surface area contributed by atoms with Crippen molar-refractivity contribution >= 4 is 0 Å². The van der Waals surface area contributed by atoms with Gasteiger partial charge in [0.2, 0.25) is 0 Å². The zero-order chi connectivity index (χ0) is 12.2. The average Bonchev–Trinajstić information content (AvgIpc) is 2.24. The van der Waals surface area contributed by atoms with Gasteiger partial charge in [0, 0.05) is 12.6 Å². The van der Waals surface area contributed by atoms with Crippen molar-refractivity contribution in [2.24, 2.45) is 0 Å². The number of aliphatic hydroxyl groups is 1. The van der Waals surface area contributed by atoms with Crippen molar-refractivity contribution < 1.29 is 18.3 Å². The molecular weight excluding hydrogens is 219 g/mol. The summed E-state index contributed by atoms with van der Waals surface area (Å²) in [5.41, 5.74) is -0.434. The number of hydrogen-bond donors (Lipinski definition) is 2. The van der Waals surface area contributed by atoms with Gasteiger partial charge in [0.15, 0.2) is 0 Å². The van der Waals surface area contributed by atoms with E-state index in [0.29, 0.717) is 0 Å². The van der Waals surface area contributed by atoms with E-state index in [1.807, 2.05) is 0 Å². The Morgan fingerprint density at radius 1 is 1.31 bits per heavy atom. The lowest BCUT2D eigenvalue weighted by Crippen LogP contribution is -2.24. The Balaban J connectivity index is 2.94. The van der Waals surface area contributed by atoms with Gasteiger partial charge >= 0.3 is 6.18 Å². The third kappa shape index (κ3) is 3.21. The molecule has 90 valence electrons. The lowest BCUT2D eigenvalue weighted by Gasteiger charge is -2.18. The first kappa shape index (κ1) is 13.0. The zero-order valence-corrected chi connectivity index (χ0v) is 8.88. The minimum Gasteiger partial charge on any atom is -0.395 e. The predicted octanol–water partition coefficient (Wildman–Crippen LogP) is 2.35. The standard InChI is InChI=1S/C11H14F3NO/c1-8(15-6-7-16)9-4-2-3-5-10(9)11(12,13)14/h2-5,8,15-16H,6-7H2,1H3. The van der Waals surface area contributed by atoms with Crippen molar-refractivity contribution in [2.75, 3.05) is 13.2 Å². The number of halogens is 3. The molecule has 0 saturated carbocycles. The maximum absolute atomic E-state index is 12.7. The summed E-state index contributed by atoms with van der Waals surface area (Å²) in [7, 11) is 0. The molecule has 0 amide bonds. The van der Waals surface area contributed by atoms with Gasteiger partial charge in [-0.1, -0.05) is 18.2 Å². The van der Waals surface area contributed by atoms with E-state index in [9.17, 15) is 13.2 Å². The highest BCUT2D eigenvalue weighted by Gasteiger charge is 2.33. The van der Waals surface area contributed by atoms with Crippen molar-refractivity contribution in [3.05, 3.63) is 35.4 Å². The van der Waals surface area contributed by atoms with Crippen LogP contribution in [0.25, 0.3) is 0 Å². The molecule has 0 saturated heterocycles. The summed E-state index contributed by atoms with van der Waals surface area (Å²) in [4.78, 5) is 0. The minimum atomic E-state index is -4.34. The summed E-state index contributed by atoms with van der Waals surface area (Å²) < 4.78 is 38.0. The van der Waals surface area contributed by atoms with Gasteiger partial charge in [-0.15, -0.1) is 0 Å². The van der Waals surface area contributed by atoms with Crippen LogP contribution >= 0.6 is 0 Å². The van der Waals surface area contributed by atoms with Crippen LogP contribution in [-0.4, -0.2) is 18.3 Å². The smallest absolute Gasteiger partial charge is 0.395 e. The number of nitrogens with one attached hydrogen (secondary N) is 1. The molecule has 1 rings (SSSR count). The Hall–Kier alpha value is -1.07. The summed E-state index contributed by atoms with van der Waals surface area (Å²) in [5, 5.41) is 11.4. The summed E-state index contributed by atoms with van der Waals surface area (Å²) in [5.74, 6) is 0. The second-order valence-corrected chi connectivity index (χ2v) is 3.48. The highest BCUT2D eigenvalue weighted by Crippen LogP contribution is 2.34. The largest absolute Gasteiger partial charge is 0.416 e. The van der Waals surface area contributed by atoms with Crippen LogP contribution in [0.5, 0.6) is 0 Å². The Morgan fingerprint density at radius 2 is 1.94 bits per heavy atom. The first-order valence-electron chi connectivity index (χ1n) is 4.97. The van der Waals surface area contributed by atoms with Crippen molar-refractivity contribution in [1.29, 1.82) is 0 Å². The van der Waals surface area contributed by atoms with E-state index in [-0.39, 0.29) is 18.7 Å². The van der Waals surface area contributed by atoms with Crippen LogP contribution in [0.1, 0.15) is 24.1 Å². The quantitative estimate of drug-likeness (QED) is 0.836. The Kier molecular flexibility index (Phi) is 4.32. The van der Waals surface area contributed by atoms with Crippen LogP contribution in [0.4, 0.5) is 13.2 Å². The van der Waals surface area contributed by atoms with Crippen molar-refractivity contribution in [3.8, 4) is 0 Å². The highest BCUT2D eigenvalue weighted by molar-refractivity contribution is 5.31. The summed E-state index contributed by atoms with van der Waals surface area (Å²) >= 11 is 0. The molecule has 16 heavy (non-hydrogen) atoms. The fourth-order valence-corrected chi connectivity index (χ4v) is 1.52. The van der Waals surface area contributed by atoms with E-state index in [1.54, 1.807) is 13.0 Å². The van der Waals surface area contributed by atoms with Gasteiger partial charge in [0.1, 0.15) is 0 Å². The van der Waals surface area contributed by atoms with E-state index >= 15 is 0 Å². The normalized spacial score (nSPS) is 13.8. The summed E-state index contributed by atoms with van der Waals surface area (Å²) in [6.07, 6.45) is -4.34. The molecule has 0 aromatic heterocycles. The molecule has 0 fully saturated rings. The molecule has 5 heteroatoms. The van der Waals surface area contributed by atoms with Gasteiger partial charge in [0.05, 0.1) is 12.2 Å². The first-order chi connectivity index (χ1) is 7.46. The second kappa shape index (κ2) is 5.32. The number of rotatable bonds is 4. The number of aliphatic hydroxyl groups excluding tert-OH is 1. The first-order valence-corrected chi connectivity index (χ1v) is 4.97. The average molecular weight is 233 g/mol. The molecule has 0 spiro atoms. The van der Waals surface area contributed by atoms with Gasteiger partial charge in [-0.3, -0.25) is 0 Å². The van der Waals surface area contributed by atoms with Crippen LogP contribution in [0, 0.1) is 0 Å². The second-order valence-electron chi connectivity index (χ2n) is 3.48. The van der Waals surface area contributed by atoms with Gasteiger partial charge in [-0.25, -0.2) is 0 Å². The van der Waals surface area contributed by atoms with Crippen LogP contribution < -0.4 is 5.32 Å². The molecule has 1 atom stereocenters. The maximum atomic E-state index is 12.7. The third-order valence-corrected chi connectivity index (χ3v) is 2.30. The molecule has 1 aromatic rings. The lowest BCUT2D eigenvalue weighted by molar-refractivity contribution is -0.138. The van der Waals surface area contributed by atoms with E-state index in [4.69, 9.17) is 5.11 Å². The maximum Gasteiger partial charge on any atom is 0.416 e. The fraction of sp³-hybridized carbons (Fsp3) is 0.455. The van der Waals surface area contributed by atoms with Crippen LogP contribution in [0.2, 0.25) is 0 Å². The van der Waals surface area contributed by atoms with E-state index in [2.05, 4.69) is 5.32 Å². The predicted molar refractivity (Wildman–Crippen MR) is 54.9 cm³/mol. The van der Waals surface area contributed by atoms with Crippen LogP contribution in [0.15, 0.2) is 24.3 Å². The van der Waals surface area contributed by atoms with Gasteiger partial charge in [0.25, 0.3) is 0 Å². The molecule has 0 bridgehead atoms.